The van der Waals surface area contributed by atoms with Crippen LogP contribution in [-0.2, 0) is 24.9 Å². The van der Waals surface area contributed by atoms with E-state index in [4.69, 9.17) is 0 Å². The Morgan fingerprint density at radius 1 is 1.30 bits per heavy atom. The first-order valence-corrected chi connectivity index (χ1v) is 9.00. The summed E-state index contributed by atoms with van der Waals surface area (Å²) in [5.41, 5.74) is 2.34. The molecular formula is C17H22N4OS. The van der Waals surface area contributed by atoms with Crippen LogP contribution in [0.5, 0.6) is 0 Å². The SMILES string of the molecule is Cc1nc(CN2C[C@H]3CN(Cc4cccn4C)C[C@H]3C2=O)cs1. The van der Waals surface area contributed by atoms with Crippen molar-refractivity contribution in [3.63, 3.8) is 0 Å². The molecular weight excluding hydrogens is 308 g/mol. The number of aromatic nitrogens is 2. The van der Waals surface area contributed by atoms with Gasteiger partial charge in [-0.3, -0.25) is 9.69 Å². The Morgan fingerprint density at radius 3 is 2.83 bits per heavy atom. The molecule has 2 atom stereocenters. The van der Waals surface area contributed by atoms with E-state index in [1.165, 1.54) is 5.69 Å². The Balaban J connectivity index is 1.38. The highest BCUT2D eigenvalue weighted by atomic mass is 32.1. The van der Waals surface area contributed by atoms with Crippen molar-refractivity contribution in [2.45, 2.75) is 20.0 Å². The van der Waals surface area contributed by atoms with Gasteiger partial charge in [-0.2, -0.15) is 0 Å². The lowest BCUT2D eigenvalue weighted by Crippen LogP contribution is -2.32. The van der Waals surface area contributed by atoms with E-state index in [0.29, 0.717) is 18.4 Å². The first kappa shape index (κ1) is 14.9. The number of amides is 1. The summed E-state index contributed by atoms with van der Waals surface area (Å²) in [7, 11) is 2.08. The minimum absolute atomic E-state index is 0.176. The molecule has 1 amide bonds. The van der Waals surface area contributed by atoms with E-state index in [1.807, 2.05) is 11.8 Å². The molecule has 4 heterocycles. The van der Waals surface area contributed by atoms with Crippen LogP contribution in [0.15, 0.2) is 23.7 Å². The second-order valence-electron chi connectivity index (χ2n) is 6.75. The summed E-state index contributed by atoms with van der Waals surface area (Å²) >= 11 is 1.65. The van der Waals surface area contributed by atoms with Gasteiger partial charge < -0.3 is 9.47 Å². The maximum atomic E-state index is 12.7. The van der Waals surface area contributed by atoms with E-state index in [1.54, 1.807) is 11.3 Å². The second kappa shape index (κ2) is 5.76. The molecule has 0 aromatic carbocycles. The van der Waals surface area contributed by atoms with E-state index >= 15 is 0 Å². The Labute approximate surface area is 140 Å². The van der Waals surface area contributed by atoms with Crippen LogP contribution >= 0.6 is 11.3 Å². The fraction of sp³-hybridized carbons (Fsp3) is 0.529. The molecule has 2 aromatic rings. The van der Waals surface area contributed by atoms with Gasteiger partial charge in [0.05, 0.1) is 23.2 Å². The molecule has 23 heavy (non-hydrogen) atoms. The zero-order valence-electron chi connectivity index (χ0n) is 13.6. The predicted octanol–water partition coefficient (Wildman–Crippen LogP) is 1.88. The molecule has 2 aliphatic heterocycles. The molecule has 6 heteroatoms. The van der Waals surface area contributed by atoms with Crippen LogP contribution in [0.4, 0.5) is 0 Å². The third-order valence-corrected chi connectivity index (χ3v) is 5.88. The zero-order valence-corrected chi connectivity index (χ0v) is 14.4. The summed E-state index contributed by atoms with van der Waals surface area (Å²) in [4.78, 5) is 21.6. The van der Waals surface area contributed by atoms with Gasteiger partial charge in [-0.1, -0.05) is 0 Å². The van der Waals surface area contributed by atoms with Crippen molar-refractivity contribution in [2.24, 2.45) is 18.9 Å². The van der Waals surface area contributed by atoms with Crippen LogP contribution in [0.25, 0.3) is 0 Å². The highest BCUT2D eigenvalue weighted by molar-refractivity contribution is 7.09. The number of nitrogens with zero attached hydrogens (tertiary/aromatic N) is 4. The molecule has 2 saturated heterocycles. The van der Waals surface area contributed by atoms with Crippen LogP contribution in [0.3, 0.4) is 0 Å². The number of fused-ring (bicyclic) bond motifs is 1. The van der Waals surface area contributed by atoms with Gasteiger partial charge in [0.15, 0.2) is 0 Å². The van der Waals surface area contributed by atoms with Crippen molar-refractivity contribution < 1.29 is 4.79 Å². The van der Waals surface area contributed by atoms with Crippen LogP contribution in [0.1, 0.15) is 16.4 Å². The first-order chi connectivity index (χ1) is 11.1. The molecule has 0 aliphatic carbocycles. The van der Waals surface area contributed by atoms with E-state index in [9.17, 15) is 4.79 Å². The molecule has 0 spiro atoms. The van der Waals surface area contributed by atoms with Crippen LogP contribution < -0.4 is 0 Å². The largest absolute Gasteiger partial charge is 0.353 e. The summed E-state index contributed by atoms with van der Waals surface area (Å²) in [5, 5.41) is 3.14. The summed E-state index contributed by atoms with van der Waals surface area (Å²) in [5.74, 6) is 0.965. The van der Waals surface area contributed by atoms with Gasteiger partial charge in [0.25, 0.3) is 0 Å². The molecule has 0 radical (unpaired) electrons. The van der Waals surface area contributed by atoms with Gasteiger partial charge in [0.2, 0.25) is 5.91 Å². The molecule has 2 aromatic heterocycles. The van der Waals surface area contributed by atoms with Crippen LogP contribution in [0, 0.1) is 18.8 Å². The molecule has 4 rings (SSSR count). The maximum Gasteiger partial charge on any atom is 0.227 e. The summed E-state index contributed by atoms with van der Waals surface area (Å²) in [6.07, 6.45) is 2.08. The van der Waals surface area contributed by atoms with E-state index < -0.39 is 0 Å². The van der Waals surface area contributed by atoms with Gasteiger partial charge in [0, 0.05) is 56.4 Å². The Kier molecular flexibility index (Phi) is 3.73. The van der Waals surface area contributed by atoms with Crippen molar-refractivity contribution >= 4 is 17.2 Å². The first-order valence-electron chi connectivity index (χ1n) is 8.12. The number of thiazole rings is 1. The fourth-order valence-corrected chi connectivity index (χ4v) is 4.47. The smallest absolute Gasteiger partial charge is 0.227 e. The number of hydrogen-bond donors (Lipinski definition) is 0. The van der Waals surface area contributed by atoms with Crippen molar-refractivity contribution in [1.82, 2.24) is 19.4 Å². The number of carbonyl (C=O) groups excluding carboxylic acids is 1. The minimum Gasteiger partial charge on any atom is -0.353 e. The number of rotatable bonds is 4. The molecule has 122 valence electrons. The zero-order chi connectivity index (χ0) is 16.0. The average molecular weight is 330 g/mol. The van der Waals surface area contributed by atoms with Crippen molar-refractivity contribution in [1.29, 1.82) is 0 Å². The lowest BCUT2D eigenvalue weighted by atomic mass is 10.0. The van der Waals surface area contributed by atoms with Gasteiger partial charge in [-0.15, -0.1) is 11.3 Å². The number of aryl methyl sites for hydroxylation is 2. The lowest BCUT2D eigenvalue weighted by Gasteiger charge is -2.21. The number of hydrogen-bond acceptors (Lipinski definition) is 4. The topological polar surface area (TPSA) is 41.4 Å². The van der Waals surface area contributed by atoms with Gasteiger partial charge in [0.1, 0.15) is 0 Å². The third-order valence-electron chi connectivity index (χ3n) is 5.06. The van der Waals surface area contributed by atoms with Crippen LogP contribution in [-0.4, -0.2) is 44.9 Å². The van der Waals surface area contributed by atoms with E-state index in [2.05, 4.69) is 45.2 Å². The Hall–Kier alpha value is -1.66. The normalized spacial score (nSPS) is 24.6. The third kappa shape index (κ3) is 2.81. The summed E-state index contributed by atoms with van der Waals surface area (Å²) < 4.78 is 2.16. The quantitative estimate of drug-likeness (QED) is 0.859. The molecule has 0 N–H and O–H groups in total. The number of carbonyl (C=O) groups is 1. The maximum absolute atomic E-state index is 12.7. The molecule has 0 bridgehead atoms. The van der Waals surface area contributed by atoms with Crippen molar-refractivity contribution in [2.75, 3.05) is 19.6 Å². The summed E-state index contributed by atoms with van der Waals surface area (Å²) in [6, 6.07) is 4.24. The average Bonchev–Trinajstić information content (AvgIpc) is 3.24. The molecule has 5 nitrogen and oxygen atoms in total. The minimum atomic E-state index is 0.176. The fourth-order valence-electron chi connectivity index (χ4n) is 3.87. The molecule has 0 saturated carbocycles. The van der Waals surface area contributed by atoms with Crippen LogP contribution in [0.2, 0.25) is 0 Å². The lowest BCUT2D eigenvalue weighted by molar-refractivity contribution is -0.131. The number of likely N-dealkylation sites (tertiary alicyclic amines) is 2. The second-order valence-corrected chi connectivity index (χ2v) is 7.81. The Morgan fingerprint density at radius 2 is 2.17 bits per heavy atom. The highest BCUT2D eigenvalue weighted by Gasteiger charge is 2.46. The standard InChI is InChI=1S/C17H22N4OS/c1-12-18-14(11-23-12)8-21-7-13-6-20(10-16(13)17(21)22)9-15-4-3-5-19(15)2/h3-5,11,13,16H,6-10H2,1-2H3/t13-,16-/m1/s1. The predicted molar refractivity (Wildman–Crippen MR) is 89.9 cm³/mol. The van der Waals surface area contributed by atoms with Crippen molar-refractivity contribution in [3.05, 3.63) is 40.1 Å². The van der Waals surface area contributed by atoms with E-state index in [-0.39, 0.29) is 5.92 Å². The monoisotopic (exact) mass is 330 g/mol. The summed E-state index contributed by atoms with van der Waals surface area (Å²) in [6.45, 7) is 6.42. The molecule has 2 aliphatic rings. The van der Waals surface area contributed by atoms with Gasteiger partial charge in [-0.25, -0.2) is 4.98 Å². The highest BCUT2D eigenvalue weighted by Crippen LogP contribution is 2.33. The van der Waals surface area contributed by atoms with E-state index in [0.717, 1.165) is 36.9 Å². The van der Waals surface area contributed by atoms with Gasteiger partial charge in [-0.05, 0) is 19.1 Å². The van der Waals surface area contributed by atoms with Gasteiger partial charge >= 0.3 is 0 Å². The molecule has 2 fully saturated rings. The Bertz CT molecular complexity index is 722. The molecule has 0 unspecified atom stereocenters. The van der Waals surface area contributed by atoms with Crippen molar-refractivity contribution in [3.8, 4) is 0 Å².